The number of benzene rings is 6. The molecular weight excluding hydrogens is 841 g/mol. The van der Waals surface area contributed by atoms with Crippen LogP contribution in [0.5, 0.6) is 0 Å². The topological polar surface area (TPSA) is 164 Å². The summed E-state index contributed by atoms with van der Waals surface area (Å²) in [5.74, 6) is -3.05. The van der Waals surface area contributed by atoms with Crippen LogP contribution >= 0.6 is 0 Å². The van der Waals surface area contributed by atoms with Gasteiger partial charge in [0.05, 0.1) is 34.9 Å². The smallest absolute Gasteiger partial charge is 0.328 e. The van der Waals surface area contributed by atoms with Gasteiger partial charge in [0.1, 0.15) is 0 Å². The first-order valence-electron chi connectivity index (χ1n) is 22.8. The highest BCUT2D eigenvalue weighted by atomic mass is 16.4. The molecule has 2 fully saturated rings. The molecule has 0 saturated carbocycles. The molecule has 340 valence electrons. The Labute approximate surface area is 390 Å². The second kappa shape index (κ2) is 22.1. The minimum Gasteiger partial charge on any atom is -0.480 e. The third-order valence-corrected chi connectivity index (χ3v) is 12.4. The molecule has 2 aliphatic heterocycles. The number of anilines is 2. The van der Waals surface area contributed by atoms with E-state index in [0.29, 0.717) is 59.6 Å². The van der Waals surface area contributed by atoms with Crippen LogP contribution in [0.3, 0.4) is 0 Å². The number of hydrogen-bond donors (Lipinski definition) is 4. The molecular formula is C55H54N6O6. The molecule has 2 amide bonds. The van der Waals surface area contributed by atoms with Crippen molar-refractivity contribution in [3.05, 3.63) is 203 Å². The number of aliphatic carboxylic acids is 2. The fourth-order valence-electron chi connectivity index (χ4n) is 9.02. The van der Waals surface area contributed by atoms with E-state index in [1.54, 1.807) is 72.8 Å². The minimum atomic E-state index is -1.58. The molecule has 12 nitrogen and oxygen atoms in total. The van der Waals surface area contributed by atoms with E-state index >= 15 is 0 Å². The van der Waals surface area contributed by atoms with Crippen molar-refractivity contribution in [3.8, 4) is 0 Å². The van der Waals surface area contributed by atoms with Crippen LogP contribution in [0.1, 0.15) is 65.5 Å². The molecule has 67 heavy (non-hydrogen) atoms. The van der Waals surface area contributed by atoms with Gasteiger partial charge in [0.25, 0.3) is 0 Å². The number of nitrogens with one attached hydrogen (secondary N) is 2. The van der Waals surface area contributed by atoms with Gasteiger partial charge in [-0.15, -0.1) is 0 Å². The number of rotatable bonds is 18. The summed E-state index contributed by atoms with van der Waals surface area (Å²) in [5, 5.41) is 27.9. The van der Waals surface area contributed by atoms with Crippen molar-refractivity contribution < 1.29 is 29.4 Å². The Balaban J connectivity index is 1.10. The maximum absolute atomic E-state index is 14.1. The summed E-state index contributed by atoms with van der Waals surface area (Å²) in [5.41, 5.74) is 5.79. The SMILES string of the molecule is O=C(O)C(CC(N=C(c1ccccc1)c1ccccc1NC(=O)[C@@H]1CCCN1Cc1ccccc1)C(=O)O)N=C(c1ccccc1)c1ccccc1NC(=O)[C@H]1CCCN1Cc1ccccc1. The van der Waals surface area contributed by atoms with Crippen LogP contribution in [0.15, 0.2) is 180 Å². The van der Waals surface area contributed by atoms with Gasteiger partial charge in [-0.2, -0.15) is 0 Å². The molecule has 6 aromatic carbocycles. The van der Waals surface area contributed by atoms with Gasteiger partial charge >= 0.3 is 11.9 Å². The van der Waals surface area contributed by atoms with Crippen molar-refractivity contribution in [3.63, 3.8) is 0 Å². The Hall–Kier alpha value is -7.54. The van der Waals surface area contributed by atoms with Gasteiger partial charge in [-0.3, -0.25) is 29.4 Å². The zero-order valence-electron chi connectivity index (χ0n) is 37.2. The molecule has 0 bridgehead atoms. The lowest BCUT2D eigenvalue weighted by atomic mass is 9.98. The molecule has 2 heterocycles. The van der Waals surface area contributed by atoms with E-state index < -0.39 is 30.4 Å². The third-order valence-electron chi connectivity index (χ3n) is 12.4. The first-order valence-corrected chi connectivity index (χ1v) is 22.8. The summed E-state index contributed by atoms with van der Waals surface area (Å²) in [6.07, 6.45) is 2.62. The predicted octanol–water partition coefficient (Wildman–Crippen LogP) is 8.56. The summed E-state index contributed by atoms with van der Waals surface area (Å²) in [6, 6.07) is 48.5. The largest absolute Gasteiger partial charge is 0.480 e. The minimum absolute atomic E-state index is 0.180. The highest BCUT2D eigenvalue weighted by molar-refractivity contribution is 6.19. The molecule has 8 rings (SSSR count). The second-order valence-corrected chi connectivity index (χ2v) is 16.9. The summed E-state index contributed by atoms with van der Waals surface area (Å²) in [6.45, 7) is 2.82. The van der Waals surface area contributed by atoms with Crippen molar-refractivity contribution in [2.75, 3.05) is 23.7 Å². The Morgan fingerprint density at radius 3 is 1.21 bits per heavy atom. The fourth-order valence-corrected chi connectivity index (χ4v) is 9.02. The molecule has 0 spiro atoms. The number of carboxylic acids is 2. The van der Waals surface area contributed by atoms with Crippen LogP contribution in [0.4, 0.5) is 11.4 Å². The average Bonchev–Trinajstić information content (AvgIpc) is 4.03. The van der Waals surface area contributed by atoms with E-state index in [-0.39, 0.29) is 35.3 Å². The van der Waals surface area contributed by atoms with Crippen LogP contribution in [0, 0.1) is 0 Å². The van der Waals surface area contributed by atoms with Crippen LogP contribution in [-0.4, -0.2) is 92.4 Å². The number of nitrogens with zero attached hydrogens (tertiary/aromatic N) is 4. The van der Waals surface area contributed by atoms with Crippen LogP contribution in [0.2, 0.25) is 0 Å². The number of hydrogen-bond acceptors (Lipinski definition) is 8. The molecule has 12 heteroatoms. The normalized spacial score (nSPS) is 17.7. The van der Waals surface area contributed by atoms with Crippen LogP contribution < -0.4 is 10.6 Å². The molecule has 2 aliphatic rings. The quantitative estimate of drug-likeness (QED) is 0.0624. The van der Waals surface area contributed by atoms with Gasteiger partial charge in [0.15, 0.2) is 12.1 Å². The standard InChI is InChI=1S/C55H54N6O6/c62-52(48-31-17-33-60(48)36-38-19-5-1-6-20-38)58-44-29-15-13-27-42(44)50(40-23-9-3-10-24-40)56-46(54(64)65)35-47(55(66)67)57-51(41-25-11-4-12-26-41)43-28-14-16-30-45(43)59-53(63)49-32-18-34-61(49)37-39-21-7-2-8-22-39/h1-16,19-30,46-49H,17-18,31-37H2,(H,58,62)(H,59,63)(H,64,65)(H,66,67)/t46?,47?,48-,49+. The van der Waals surface area contributed by atoms with Gasteiger partial charge in [-0.05, 0) is 62.0 Å². The summed E-state index contributed by atoms with van der Waals surface area (Å²) in [7, 11) is 0. The third kappa shape index (κ3) is 11.7. The first kappa shape index (κ1) is 46.0. The maximum Gasteiger partial charge on any atom is 0.328 e. The fraction of sp³-hybridized carbons (Fsp3) is 0.236. The van der Waals surface area contributed by atoms with Crippen molar-refractivity contribution in [2.45, 2.75) is 69.4 Å². The van der Waals surface area contributed by atoms with Gasteiger partial charge < -0.3 is 20.8 Å². The molecule has 4 atom stereocenters. The average molecular weight is 895 g/mol. The van der Waals surface area contributed by atoms with Crippen LogP contribution in [0.25, 0.3) is 0 Å². The maximum atomic E-state index is 14.1. The first-order chi connectivity index (χ1) is 32.7. The Morgan fingerprint density at radius 1 is 0.493 bits per heavy atom. The van der Waals surface area contributed by atoms with E-state index in [1.165, 1.54) is 0 Å². The van der Waals surface area contributed by atoms with Gasteiger partial charge in [-0.1, -0.05) is 158 Å². The molecule has 0 aliphatic carbocycles. The van der Waals surface area contributed by atoms with Gasteiger partial charge in [0.2, 0.25) is 11.8 Å². The summed E-state index contributed by atoms with van der Waals surface area (Å²) in [4.78, 5) is 68.6. The number of carbonyl (C=O) groups excluding carboxylic acids is 2. The van der Waals surface area contributed by atoms with Gasteiger partial charge in [-0.25, -0.2) is 9.59 Å². The Bertz CT molecular complexity index is 2530. The Morgan fingerprint density at radius 2 is 0.836 bits per heavy atom. The van der Waals surface area contributed by atoms with Crippen molar-refractivity contribution >= 4 is 46.6 Å². The summed E-state index contributed by atoms with van der Waals surface area (Å²) < 4.78 is 0. The molecule has 2 saturated heterocycles. The zero-order chi connectivity index (χ0) is 46.5. The van der Waals surface area contributed by atoms with Crippen molar-refractivity contribution in [1.82, 2.24) is 9.80 Å². The number of likely N-dealkylation sites (tertiary alicyclic amines) is 2. The lowest BCUT2D eigenvalue weighted by molar-refractivity contribution is -0.140. The lowest BCUT2D eigenvalue weighted by Crippen LogP contribution is -2.39. The number of amides is 2. The molecule has 6 aromatic rings. The van der Waals surface area contributed by atoms with Crippen LogP contribution in [-0.2, 0) is 32.3 Å². The number of aliphatic imine (C=N–C) groups is 2. The molecule has 0 radical (unpaired) electrons. The lowest BCUT2D eigenvalue weighted by Gasteiger charge is -2.25. The predicted molar refractivity (Wildman–Crippen MR) is 262 cm³/mol. The number of carbonyl (C=O) groups is 4. The van der Waals surface area contributed by atoms with Crippen molar-refractivity contribution in [1.29, 1.82) is 0 Å². The second-order valence-electron chi connectivity index (χ2n) is 16.9. The van der Waals surface area contributed by atoms with E-state index in [2.05, 4.69) is 20.4 Å². The van der Waals surface area contributed by atoms with E-state index in [1.807, 2.05) is 97.1 Å². The number of para-hydroxylation sites is 2. The van der Waals surface area contributed by atoms with Gasteiger partial charge in [0, 0.05) is 41.8 Å². The van der Waals surface area contributed by atoms with E-state index in [0.717, 1.165) is 37.1 Å². The molecule has 2 unspecified atom stereocenters. The summed E-state index contributed by atoms with van der Waals surface area (Å²) >= 11 is 0. The Kier molecular flexibility index (Phi) is 15.2. The number of carboxylic acid groups (broad SMARTS) is 2. The highest BCUT2D eigenvalue weighted by Gasteiger charge is 2.34. The van der Waals surface area contributed by atoms with Crippen molar-refractivity contribution in [2.24, 2.45) is 9.98 Å². The highest BCUT2D eigenvalue weighted by Crippen LogP contribution is 2.28. The monoisotopic (exact) mass is 894 g/mol. The molecule has 0 aromatic heterocycles. The van der Waals surface area contributed by atoms with E-state index in [9.17, 15) is 29.4 Å². The van der Waals surface area contributed by atoms with E-state index in [4.69, 9.17) is 9.98 Å². The molecule has 4 N–H and O–H groups in total. The zero-order valence-corrected chi connectivity index (χ0v) is 37.2.